The molecule has 35 heavy (non-hydrogen) atoms. The summed E-state index contributed by atoms with van der Waals surface area (Å²) in [5.74, 6) is 0. The van der Waals surface area contributed by atoms with E-state index in [1.54, 1.807) is 0 Å². The third-order valence-corrected chi connectivity index (χ3v) is 5.68. The standard InChI is InChI=1S/C20H14N4.C10H14.Cu/c1-2-14-10-16-5-6-18(23-16)12-20-8-7-19(24-20)11-17-4-3-15(22-17)9-13(1)21-14;1-10(2,3)9-7-5-4-6-8-9;/h1-12,21,24H;4-8H,1-3H3;. The van der Waals surface area contributed by atoms with Gasteiger partial charge in [-0.2, -0.15) is 0 Å². The number of benzene rings is 1. The molecule has 0 atom stereocenters. The van der Waals surface area contributed by atoms with E-state index in [-0.39, 0.29) is 17.1 Å². The summed E-state index contributed by atoms with van der Waals surface area (Å²) in [5, 5.41) is 0. The molecule has 179 valence electrons. The molecule has 0 saturated carbocycles. The minimum Gasteiger partial charge on any atom is -0.355 e. The van der Waals surface area contributed by atoms with Gasteiger partial charge in [0, 0.05) is 39.1 Å². The maximum absolute atomic E-state index is 4.63. The quantitative estimate of drug-likeness (QED) is 0.207. The first kappa shape index (κ1) is 24.5. The van der Waals surface area contributed by atoms with Crippen molar-refractivity contribution >= 4 is 46.4 Å². The molecule has 2 aliphatic heterocycles. The van der Waals surface area contributed by atoms with Gasteiger partial charge in [-0.05, 0) is 83.8 Å². The maximum Gasteiger partial charge on any atom is 0.0658 e. The molecule has 8 bridgehead atoms. The average molecular weight is 508 g/mol. The van der Waals surface area contributed by atoms with Gasteiger partial charge in [-0.3, -0.25) is 0 Å². The maximum atomic E-state index is 4.63. The van der Waals surface area contributed by atoms with E-state index in [4.69, 9.17) is 0 Å². The van der Waals surface area contributed by atoms with Crippen LogP contribution in [-0.2, 0) is 22.5 Å². The van der Waals surface area contributed by atoms with Crippen molar-refractivity contribution < 1.29 is 17.1 Å². The number of nitrogens with one attached hydrogen (secondary N) is 2. The summed E-state index contributed by atoms with van der Waals surface area (Å²) in [6.07, 6.45) is 8.09. The fraction of sp³-hybridized carbons (Fsp3) is 0.133. The third-order valence-electron chi connectivity index (χ3n) is 5.68. The molecular formula is C30H28CuN4. The number of rotatable bonds is 0. The van der Waals surface area contributed by atoms with Gasteiger partial charge >= 0.3 is 0 Å². The molecule has 2 N–H and O–H groups in total. The van der Waals surface area contributed by atoms with Gasteiger partial charge in [0.25, 0.3) is 0 Å². The first-order valence-electron chi connectivity index (χ1n) is 11.5. The van der Waals surface area contributed by atoms with Crippen molar-refractivity contribution in [2.24, 2.45) is 0 Å². The van der Waals surface area contributed by atoms with Crippen LogP contribution in [0.5, 0.6) is 0 Å². The summed E-state index contributed by atoms with van der Waals surface area (Å²) in [7, 11) is 0. The van der Waals surface area contributed by atoms with Crippen LogP contribution in [0, 0.1) is 0 Å². The fourth-order valence-electron chi connectivity index (χ4n) is 3.88. The Morgan fingerprint density at radius 1 is 0.514 bits per heavy atom. The van der Waals surface area contributed by atoms with Gasteiger partial charge in [-0.1, -0.05) is 51.1 Å². The number of nitrogens with zero attached hydrogens (tertiary/aromatic N) is 2. The number of hydrogen-bond acceptors (Lipinski definition) is 2. The molecule has 1 aromatic carbocycles. The Kier molecular flexibility index (Phi) is 7.20. The Morgan fingerprint density at radius 2 is 0.857 bits per heavy atom. The summed E-state index contributed by atoms with van der Waals surface area (Å²) in [6, 6.07) is 26.9. The van der Waals surface area contributed by atoms with Crippen molar-refractivity contribution in [1.82, 2.24) is 19.9 Å². The fourth-order valence-corrected chi connectivity index (χ4v) is 3.88. The van der Waals surface area contributed by atoms with Crippen molar-refractivity contribution in [3.8, 4) is 0 Å². The normalized spacial score (nSPS) is 12.0. The van der Waals surface area contributed by atoms with Crippen LogP contribution in [0.3, 0.4) is 0 Å². The second-order valence-electron chi connectivity index (χ2n) is 9.52. The zero-order valence-corrected chi connectivity index (χ0v) is 21.0. The topological polar surface area (TPSA) is 57.4 Å². The van der Waals surface area contributed by atoms with Crippen LogP contribution in [0.4, 0.5) is 0 Å². The van der Waals surface area contributed by atoms with Crippen molar-refractivity contribution in [3.63, 3.8) is 0 Å². The predicted octanol–water partition coefficient (Wildman–Crippen LogP) is 7.64. The molecule has 4 nitrogen and oxygen atoms in total. The summed E-state index contributed by atoms with van der Waals surface area (Å²) < 4.78 is 0. The van der Waals surface area contributed by atoms with Gasteiger partial charge in [-0.15, -0.1) is 0 Å². The Labute approximate surface area is 216 Å². The molecule has 0 amide bonds. The largest absolute Gasteiger partial charge is 0.355 e. The molecule has 0 fully saturated rings. The molecule has 0 aliphatic carbocycles. The molecule has 0 unspecified atom stereocenters. The third kappa shape index (κ3) is 6.27. The van der Waals surface area contributed by atoms with Crippen LogP contribution in [0.2, 0.25) is 0 Å². The van der Waals surface area contributed by atoms with E-state index < -0.39 is 0 Å². The van der Waals surface area contributed by atoms with Crippen LogP contribution in [-0.4, -0.2) is 19.9 Å². The molecular weight excluding hydrogens is 480 g/mol. The van der Waals surface area contributed by atoms with Gasteiger partial charge in [-0.25, -0.2) is 9.97 Å². The van der Waals surface area contributed by atoms with Crippen LogP contribution in [0.25, 0.3) is 46.4 Å². The van der Waals surface area contributed by atoms with E-state index in [0.717, 1.165) is 44.8 Å². The minimum atomic E-state index is 0. The molecule has 5 heterocycles. The molecule has 4 aromatic rings. The summed E-state index contributed by atoms with van der Waals surface area (Å²) in [6.45, 7) is 6.67. The molecule has 3 aromatic heterocycles. The van der Waals surface area contributed by atoms with Gasteiger partial charge in [0.05, 0.1) is 22.8 Å². The zero-order chi connectivity index (χ0) is 23.5. The van der Waals surface area contributed by atoms with E-state index in [2.05, 4.69) is 95.3 Å². The van der Waals surface area contributed by atoms with Crippen LogP contribution in [0.1, 0.15) is 49.1 Å². The Hall–Kier alpha value is -3.66. The molecule has 6 rings (SSSR count). The van der Waals surface area contributed by atoms with Crippen LogP contribution >= 0.6 is 0 Å². The van der Waals surface area contributed by atoms with E-state index in [0.29, 0.717) is 5.41 Å². The SMILES string of the molecule is C1=Cc2cc3ccc(cc4nc(cc5ccc(cc1n2)[nH]5)C=C4)[nH]3.CC(C)(C)c1ccccc1.[Cu]. The minimum absolute atomic E-state index is 0. The van der Waals surface area contributed by atoms with Crippen LogP contribution in [0.15, 0.2) is 78.9 Å². The molecule has 1 radical (unpaired) electrons. The van der Waals surface area contributed by atoms with E-state index in [9.17, 15) is 0 Å². The van der Waals surface area contributed by atoms with Crippen LogP contribution < -0.4 is 0 Å². The van der Waals surface area contributed by atoms with Crippen molar-refractivity contribution in [2.75, 3.05) is 0 Å². The number of hydrogen-bond donors (Lipinski definition) is 2. The summed E-state index contributed by atoms with van der Waals surface area (Å²) in [5.41, 5.74) is 9.55. The van der Waals surface area contributed by atoms with Gasteiger partial charge < -0.3 is 9.97 Å². The second-order valence-corrected chi connectivity index (χ2v) is 9.52. The Morgan fingerprint density at radius 3 is 1.14 bits per heavy atom. The smallest absolute Gasteiger partial charge is 0.0658 e. The van der Waals surface area contributed by atoms with Gasteiger partial charge in [0.2, 0.25) is 0 Å². The number of fused-ring (bicyclic) bond motifs is 8. The first-order chi connectivity index (χ1) is 16.4. The Balaban J connectivity index is 0.000000224. The van der Waals surface area contributed by atoms with Crippen molar-refractivity contribution in [3.05, 3.63) is 107 Å². The predicted molar refractivity (Wildman–Crippen MR) is 144 cm³/mol. The second kappa shape index (κ2) is 10.3. The van der Waals surface area contributed by atoms with E-state index in [1.165, 1.54) is 5.56 Å². The number of aromatic amines is 2. The number of H-pyrrole nitrogens is 2. The average Bonchev–Trinajstić information content (AvgIpc) is 3.60. The first-order valence-corrected chi connectivity index (χ1v) is 11.5. The Bertz CT molecular complexity index is 1360. The van der Waals surface area contributed by atoms with E-state index in [1.807, 2.05) is 48.6 Å². The summed E-state index contributed by atoms with van der Waals surface area (Å²) >= 11 is 0. The monoisotopic (exact) mass is 507 g/mol. The molecule has 2 aliphatic rings. The van der Waals surface area contributed by atoms with Gasteiger partial charge in [0.15, 0.2) is 0 Å². The summed E-state index contributed by atoms with van der Waals surface area (Å²) in [4.78, 5) is 16.0. The zero-order valence-electron chi connectivity index (χ0n) is 20.0. The molecule has 0 saturated heterocycles. The number of aromatic nitrogens is 4. The van der Waals surface area contributed by atoms with Crippen molar-refractivity contribution in [1.29, 1.82) is 0 Å². The van der Waals surface area contributed by atoms with Gasteiger partial charge in [0.1, 0.15) is 0 Å². The van der Waals surface area contributed by atoms with E-state index >= 15 is 0 Å². The molecule has 0 spiro atoms. The molecule has 5 heteroatoms. The van der Waals surface area contributed by atoms with Crippen molar-refractivity contribution in [2.45, 2.75) is 26.2 Å².